The average Bonchev–Trinajstić information content (AvgIpc) is 2.93. The summed E-state index contributed by atoms with van der Waals surface area (Å²) in [6.45, 7) is 3.13. The summed E-state index contributed by atoms with van der Waals surface area (Å²) in [5.74, 6) is 0.529. The zero-order valence-corrected chi connectivity index (χ0v) is 10.2. The quantitative estimate of drug-likeness (QED) is 0.782. The van der Waals surface area contributed by atoms with Crippen molar-refractivity contribution in [3.63, 3.8) is 0 Å². The second-order valence-electron chi connectivity index (χ2n) is 4.94. The number of nitrogens with two attached hydrogens (primary N) is 1. The van der Waals surface area contributed by atoms with E-state index in [0.717, 1.165) is 18.2 Å². The van der Waals surface area contributed by atoms with Crippen molar-refractivity contribution in [2.75, 3.05) is 24.2 Å². The number of nitrogen functional groups attached to an aromatic ring is 1. The lowest BCUT2D eigenvalue weighted by Crippen LogP contribution is -2.23. The Morgan fingerprint density at radius 3 is 2.76 bits per heavy atom. The number of nitrogens with zero attached hydrogens (tertiary/aromatic N) is 1. The van der Waals surface area contributed by atoms with Crippen LogP contribution >= 0.6 is 0 Å². The maximum Gasteiger partial charge on any atom is 0.337 e. The lowest BCUT2D eigenvalue weighted by Gasteiger charge is -2.21. The number of carbonyl (C=O) groups is 1. The van der Waals surface area contributed by atoms with E-state index >= 15 is 0 Å². The molecule has 0 aliphatic heterocycles. The Kier molecular flexibility index (Phi) is 2.96. The third-order valence-corrected chi connectivity index (χ3v) is 3.45. The molecule has 0 amide bonds. The number of carboxylic acid groups (broad SMARTS) is 1. The number of hydrogen-bond acceptors (Lipinski definition) is 3. The summed E-state index contributed by atoms with van der Waals surface area (Å²) < 4.78 is 0. The lowest BCUT2D eigenvalue weighted by atomic mass is 10.1. The second kappa shape index (κ2) is 4.28. The zero-order chi connectivity index (χ0) is 12.6. The van der Waals surface area contributed by atoms with Crippen molar-refractivity contribution in [3.8, 4) is 0 Å². The molecule has 92 valence electrons. The zero-order valence-electron chi connectivity index (χ0n) is 10.2. The van der Waals surface area contributed by atoms with Gasteiger partial charge < -0.3 is 15.7 Å². The Hall–Kier alpha value is -1.71. The highest BCUT2D eigenvalue weighted by Crippen LogP contribution is 2.39. The Balaban J connectivity index is 2.21. The number of benzene rings is 1. The van der Waals surface area contributed by atoms with E-state index < -0.39 is 5.97 Å². The smallest absolute Gasteiger partial charge is 0.337 e. The molecule has 1 aromatic rings. The molecule has 1 aliphatic carbocycles. The highest BCUT2D eigenvalue weighted by molar-refractivity contribution is 5.95. The number of hydrogen-bond donors (Lipinski definition) is 2. The molecule has 0 saturated heterocycles. The summed E-state index contributed by atoms with van der Waals surface area (Å²) in [4.78, 5) is 13.2. The Bertz CT molecular complexity index is 445. The molecule has 17 heavy (non-hydrogen) atoms. The maximum absolute atomic E-state index is 11.2. The first-order valence-corrected chi connectivity index (χ1v) is 5.83. The van der Waals surface area contributed by atoms with Gasteiger partial charge in [0, 0.05) is 19.3 Å². The molecule has 1 saturated carbocycles. The number of aromatic carboxylic acids is 1. The van der Waals surface area contributed by atoms with Crippen molar-refractivity contribution in [2.45, 2.75) is 13.3 Å². The van der Waals surface area contributed by atoms with Crippen LogP contribution < -0.4 is 10.6 Å². The van der Waals surface area contributed by atoms with E-state index in [0.29, 0.717) is 11.6 Å². The minimum atomic E-state index is -0.928. The minimum absolute atomic E-state index is 0.279. The molecule has 4 nitrogen and oxygen atoms in total. The van der Waals surface area contributed by atoms with E-state index in [1.54, 1.807) is 12.1 Å². The molecule has 4 heteroatoms. The van der Waals surface area contributed by atoms with Crippen molar-refractivity contribution in [1.82, 2.24) is 0 Å². The topological polar surface area (TPSA) is 66.6 Å². The second-order valence-corrected chi connectivity index (χ2v) is 4.94. The molecule has 0 aromatic heterocycles. The van der Waals surface area contributed by atoms with Crippen LogP contribution in [-0.4, -0.2) is 24.7 Å². The summed E-state index contributed by atoms with van der Waals surface area (Å²) in [6.07, 6.45) is 1.24. The first-order valence-electron chi connectivity index (χ1n) is 5.83. The van der Waals surface area contributed by atoms with Crippen LogP contribution in [-0.2, 0) is 0 Å². The number of carboxylic acids is 1. The summed E-state index contributed by atoms with van der Waals surface area (Å²) >= 11 is 0. The predicted octanol–water partition coefficient (Wildman–Crippen LogP) is 2.06. The molecule has 2 rings (SSSR count). The average molecular weight is 234 g/mol. The largest absolute Gasteiger partial charge is 0.478 e. The normalized spacial score (nSPS) is 22.2. The SMILES string of the molecule is CC1CC1CN(C)c1ccc(N)cc1C(=O)O. The highest BCUT2D eigenvalue weighted by atomic mass is 16.4. The Morgan fingerprint density at radius 2 is 2.24 bits per heavy atom. The van der Waals surface area contributed by atoms with Crippen molar-refractivity contribution in [2.24, 2.45) is 11.8 Å². The van der Waals surface area contributed by atoms with Crippen LogP contribution in [0.1, 0.15) is 23.7 Å². The van der Waals surface area contributed by atoms with Crippen molar-refractivity contribution in [1.29, 1.82) is 0 Å². The lowest BCUT2D eigenvalue weighted by molar-refractivity contribution is 0.0697. The van der Waals surface area contributed by atoms with Gasteiger partial charge in [0.15, 0.2) is 0 Å². The molecule has 1 fully saturated rings. The summed E-state index contributed by atoms with van der Waals surface area (Å²) in [7, 11) is 1.93. The molecule has 1 aromatic carbocycles. The number of anilines is 2. The molecular weight excluding hydrogens is 216 g/mol. The predicted molar refractivity (Wildman–Crippen MR) is 68.4 cm³/mol. The standard InChI is InChI=1S/C13H18N2O2/c1-8-5-9(8)7-15(2)12-4-3-10(14)6-11(12)13(16)17/h3-4,6,8-9H,5,7,14H2,1-2H3,(H,16,17). The van der Waals surface area contributed by atoms with Gasteiger partial charge in [0.25, 0.3) is 0 Å². The van der Waals surface area contributed by atoms with Crippen LogP contribution in [0.15, 0.2) is 18.2 Å². The fourth-order valence-corrected chi connectivity index (χ4v) is 2.16. The van der Waals surface area contributed by atoms with Crippen molar-refractivity contribution >= 4 is 17.3 Å². The summed E-state index contributed by atoms with van der Waals surface area (Å²) in [5.41, 5.74) is 7.12. The first kappa shape index (κ1) is 11.8. The van der Waals surface area contributed by atoms with E-state index in [2.05, 4.69) is 6.92 Å². The van der Waals surface area contributed by atoms with Crippen LogP contribution in [0.2, 0.25) is 0 Å². The maximum atomic E-state index is 11.2. The van der Waals surface area contributed by atoms with Gasteiger partial charge in [-0.1, -0.05) is 6.92 Å². The van der Waals surface area contributed by atoms with E-state index in [4.69, 9.17) is 10.8 Å². The van der Waals surface area contributed by atoms with Gasteiger partial charge in [0.05, 0.1) is 11.3 Å². The fourth-order valence-electron chi connectivity index (χ4n) is 2.16. The van der Waals surface area contributed by atoms with Crippen LogP contribution in [0.3, 0.4) is 0 Å². The third-order valence-electron chi connectivity index (χ3n) is 3.45. The van der Waals surface area contributed by atoms with Crippen LogP contribution in [0.4, 0.5) is 11.4 Å². The van der Waals surface area contributed by atoms with Gasteiger partial charge in [-0.25, -0.2) is 4.79 Å². The van der Waals surface area contributed by atoms with E-state index in [1.165, 1.54) is 12.5 Å². The molecular formula is C13H18N2O2. The molecule has 0 heterocycles. The molecule has 2 unspecified atom stereocenters. The van der Waals surface area contributed by atoms with Crippen LogP contribution in [0, 0.1) is 11.8 Å². The Labute approximate surface area is 101 Å². The Morgan fingerprint density at radius 1 is 1.59 bits per heavy atom. The van der Waals surface area contributed by atoms with E-state index in [1.807, 2.05) is 11.9 Å². The molecule has 3 N–H and O–H groups in total. The molecule has 0 radical (unpaired) electrons. The van der Waals surface area contributed by atoms with Gasteiger partial charge in [-0.15, -0.1) is 0 Å². The monoisotopic (exact) mass is 234 g/mol. The van der Waals surface area contributed by atoms with Gasteiger partial charge in [-0.3, -0.25) is 0 Å². The van der Waals surface area contributed by atoms with Gasteiger partial charge >= 0.3 is 5.97 Å². The van der Waals surface area contributed by atoms with Crippen molar-refractivity contribution in [3.05, 3.63) is 23.8 Å². The fraction of sp³-hybridized carbons (Fsp3) is 0.462. The van der Waals surface area contributed by atoms with Crippen LogP contribution in [0.5, 0.6) is 0 Å². The van der Waals surface area contributed by atoms with E-state index in [9.17, 15) is 4.79 Å². The van der Waals surface area contributed by atoms with Crippen molar-refractivity contribution < 1.29 is 9.90 Å². The van der Waals surface area contributed by atoms with Gasteiger partial charge in [0.1, 0.15) is 0 Å². The van der Waals surface area contributed by atoms with Gasteiger partial charge in [-0.2, -0.15) is 0 Å². The molecule has 2 atom stereocenters. The molecule has 1 aliphatic rings. The minimum Gasteiger partial charge on any atom is -0.478 e. The molecule has 0 spiro atoms. The molecule has 0 bridgehead atoms. The highest BCUT2D eigenvalue weighted by Gasteiger charge is 2.33. The van der Waals surface area contributed by atoms with Gasteiger partial charge in [0.2, 0.25) is 0 Å². The summed E-state index contributed by atoms with van der Waals surface area (Å²) in [6, 6.07) is 5.05. The van der Waals surface area contributed by atoms with Gasteiger partial charge in [-0.05, 0) is 36.5 Å². The van der Waals surface area contributed by atoms with Crippen LogP contribution in [0.25, 0.3) is 0 Å². The first-order chi connectivity index (χ1) is 7.99. The third kappa shape index (κ3) is 2.52. The summed E-state index contributed by atoms with van der Waals surface area (Å²) in [5, 5.41) is 9.16. The number of rotatable bonds is 4. The van der Waals surface area contributed by atoms with E-state index in [-0.39, 0.29) is 5.56 Å².